The molecule has 0 radical (unpaired) electrons. The molecule has 0 aliphatic carbocycles. The number of rotatable bonds is 2. The monoisotopic (exact) mass is 198 g/mol. The van der Waals surface area contributed by atoms with Gasteiger partial charge in [0.15, 0.2) is 0 Å². The van der Waals surface area contributed by atoms with Crippen LogP contribution in [0, 0.1) is 0 Å². The molecule has 0 aromatic carbocycles. The average molecular weight is 198 g/mol. The molecule has 1 aromatic rings. The average Bonchev–Trinajstić information content (AvgIpc) is 2.71. The van der Waals surface area contributed by atoms with E-state index in [2.05, 4.69) is 10.2 Å². The lowest BCUT2D eigenvalue weighted by atomic mass is 10.0. The molecule has 2 heterocycles. The quantitative estimate of drug-likeness (QED) is 0.756. The number of nitrogens with zero attached hydrogens (tertiary/aromatic N) is 2. The third-order valence-corrected chi connectivity index (χ3v) is 2.28. The Labute approximate surface area is 79.9 Å². The summed E-state index contributed by atoms with van der Waals surface area (Å²) in [7, 11) is 0. The molecule has 0 amide bonds. The van der Waals surface area contributed by atoms with Gasteiger partial charge in [-0.05, 0) is 19.8 Å². The van der Waals surface area contributed by atoms with Gasteiger partial charge < -0.3 is 14.3 Å². The second-order valence-corrected chi connectivity index (χ2v) is 3.40. The molecule has 1 fully saturated rings. The first-order valence-corrected chi connectivity index (χ1v) is 4.33. The summed E-state index contributed by atoms with van der Waals surface area (Å²) in [5, 5.41) is 15.7. The van der Waals surface area contributed by atoms with E-state index in [1.165, 1.54) is 0 Å². The van der Waals surface area contributed by atoms with Crippen molar-refractivity contribution < 1.29 is 19.1 Å². The highest BCUT2D eigenvalue weighted by Crippen LogP contribution is 2.34. The molecule has 1 aromatic heterocycles. The van der Waals surface area contributed by atoms with Gasteiger partial charge in [0, 0.05) is 6.61 Å². The molecule has 0 bridgehead atoms. The van der Waals surface area contributed by atoms with Crippen molar-refractivity contribution in [3.63, 3.8) is 0 Å². The lowest BCUT2D eigenvalue weighted by Gasteiger charge is -2.17. The molecule has 0 spiro atoms. The minimum absolute atomic E-state index is 0.243. The summed E-state index contributed by atoms with van der Waals surface area (Å²) < 4.78 is 10.4. The standard InChI is InChI=1S/C8H10N2O4/c1-8(3-2-4-13-8)7-10-9-5(14-7)6(11)12/h2-4H2,1H3,(H,11,12). The molecule has 1 unspecified atom stereocenters. The molecule has 6 heteroatoms. The van der Waals surface area contributed by atoms with Crippen LogP contribution in [0.2, 0.25) is 0 Å². The van der Waals surface area contributed by atoms with E-state index >= 15 is 0 Å². The Hall–Kier alpha value is -1.43. The first-order chi connectivity index (χ1) is 6.62. The molecule has 14 heavy (non-hydrogen) atoms. The van der Waals surface area contributed by atoms with Crippen molar-refractivity contribution in [1.29, 1.82) is 0 Å². The van der Waals surface area contributed by atoms with Gasteiger partial charge in [-0.2, -0.15) is 0 Å². The third-order valence-electron chi connectivity index (χ3n) is 2.28. The van der Waals surface area contributed by atoms with Gasteiger partial charge in [0.2, 0.25) is 5.89 Å². The van der Waals surface area contributed by atoms with Crippen LogP contribution in [0.5, 0.6) is 0 Å². The zero-order valence-electron chi connectivity index (χ0n) is 7.69. The van der Waals surface area contributed by atoms with Crippen molar-refractivity contribution in [2.75, 3.05) is 6.61 Å². The molecule has 1 atom stereocenters. The van der Waals surface area contributed by atoms with Crippen molar-refractivity contribution in [3.8, 4) is 0 Å². The number of hydrogen-bond donors (Lipinski definition) is 1. The summed E-state index contributed by atoms with van der Waals surface area (Å²) in [6, 6.07) is 0. The summed E-state index contributed by atoms with van der Waals surface area (Å²) in [5.74, 6) is -1.37. The van der Waals surface area contributed by atoms with E-state index in [1.807, 2.05) is 6.92 Å². The van der Waals surface area contributed by atoms with Crippen molar-refractivity contribution in [1.82, 2.24) is 10.2 Å². The van der Waals surface area contributed by atoms with E-state index in [9.17, 15) is 4.79 Å². The Morgan fingerprint density at radius 2 is 2.36 bits per heavy atom. The fourth-order valence-corrected chi connectivity index (χ4v) is 1.47. The maximum atomic E-state index is 10.5. The van der Waals surface area contributed by atoms with Gasteiger partial charge >= 0.3 is 11.9 Å². The summed E-state index contributed by atoms with van der Waals surface area (Å²) in [6.45, 7) is 2.46. The van der Waals surface area contributed by atoms with Gasteiger partial charge in [0.1, 0.15) is 5.60 Å². The van der Waals surface area contributed by atoms with Gasteiger partial charge in [-0.3, -0.25) is 0 Å². The zero-order valence-corrected chi connectivity index (χ0v) is 7.69. The SMILES string of the molecule is CC1(c2nnc(C(=O)O)o2)CCCO1. The van der Waals surface area contributed by atoms with E-state index in [-0.39, 0.29) is 5.89 Å². The molecule has 2 rings (SSSR count). The second kappa shape index (κ2) is 3.06. The van der Waals surface area contributed by atoms with Gasteiger partial charge in [-0.25, -0.2) is 4.79 Å². The van der Waals surface area contributed by atoms with Crippen LogP contribution < -0.4 is 0 Å². The van der Waals surface area contributed by atoms with Gasteiger partial charge in [0.25, 0.3) is 0 Å². The van der Waals surface area contributed by atoms with Crippen LogP contribution in [-0.4, -0.2) is 27.9 Å². The van der Waals surface area contributed by atoms with Crippen molar-refractivity contribution in [2.24, 2.45) is 0 Å². The third kappa shape index (κ3) is 1.37. The largest absolute Gasteiger partial charge is 0.474 e. The first-order valence-electron chi connectivity index (χ1n) is 4.33. The maximum Gasteiger partial charge on any atom is 0.393 e. The van der Waals surface area contributed by atoms with Gasteiger partial charge in [-0.15, -0.1) is 10.2 Å². The predicted octanol–water partition coefficient (Wildman–Crippen LogP) is 0.793. The Morgan fingerprint density at radius 1 is 1.57 bits per heavy atom. The topological polar surface area (TPSA) is 85.5 Å². The van der Waals surface area contributed by atoms with Crippen LogP contribution in [-0.2, 0) is 10.3 Å². The zero-order chi connectivity index (χ0) is 10.2. The Bertz CT molecular complexity index is 354. The summed E-state index contributed by atoms with van der Waals surface area (Å²) in [6.07, 6.45) is 1.69. The number of ether oxygens (including phenoxy) is 1. The number of aromatic nitrogens is 2. The number of aromatic carboxylic acids is 1. The fourth-order valence-electron chi connectivity index (χ4n) is 1.47. The highest BCUT2D eigenvalue weighted by atomic mass is 16.5. The second-order valence-electron chi connectivity index (χ2n) is 3.40. The summed E-state index contributed by atoms with van der Waals surface area (Å²) in [5.41, 5.74) is -0.610. The normalized spacial score (nSPS) is 26.6. The Kier molecular flexibility index (Phi) is 1.99. The lowest BCUT2D eigenvalue weighted by molar-refractivity contribution is -0.00636. The van der Waals surface area contributed by atoms with Gasteiger partial charge in [0.05, 0.1) is 0 Å². The van der Waals surface area contributed by atoms with Crippen molar-refractivity contribution >= 4 is 5.97 Å². The molecule has 0 saturated carbocycles. The van der Waals surface area contributed by atoms with Crippen LogP contribution in [0.4, 0.5) is 0 Å². The number of carbonyl (C=O) groups is 1. The molecule has 1 saturated heterocycles. The van der Waals surface area contributed by atoms with Crippen LogP contribution in [0.25, 0.3) is 0 Å². The van der Waals surface area contributed by atoms with E-state index in [1.54, 1.807) is 0 Å². The van der Waals surface area contributed by atoms with E-state index in [0.717, 1.165) is 12.8 Å². The Balaban J connectivity index is 2.28. The van der Waals surface area contributed by atoms with Crippen molar-refractivity contribution in [3.05, 3.63) is 11.8 Å². The van der Waals surface area contributed by atoms with Crippen LogP contribution in [0.3, 0.4) is 0 Å². The number of carboxylic acid groups (broad SMARTS) is 1. The minimum Gasteiger partial charge on any atom is -0.474 e. The fraction of sp³-hybridized carbons (Fsp3) is 0.625. The van der Waals surface area contributed by atoms with Gasteiger partial charge in [-0.1, -0.05) is 0 Å². The van der Waals surface area contributed by atoms with Crippen LogP contribution in [0.1, 0.15) is 36.3 Å². The summed E-state index contributed by atoms with van der Waals surface area (Å²) in [4.78, 5) is 10.5. The molecule has 1 N–H and O–H groups in total. The van der Waals surface area contributed by atoms with Crippen molar-refractivity contribution in [2.45, 2.75) is 25.4 Å². The molecule has 6 nitrogen and oxygen atoms in total. The molecule has 1 aliphatic heterocycles. The van der Waals surface area contributed by atoms with Crippen LogP contribution >= 0.6 is 0 Å². The Morgan fingerprint density at radius 3 is 2.86 bits per heavy atom. The highest BCUT2D eigenvalue weighted by Gasteiger charge is 2.37. The number of hydrogen-bond acceptors (Lipinski definition) is 5. The smallest absolute Gasteiger partial charge is 0.393 e. The number of carboxylic acids is 1. The molecule has 1 aliphatic rings. The van der Waals surface area contributed by atoms with E-state index in [4.69, 9.17) is 14.3 Å². The molecular formula is C8H10N2O4. The van der Waals surface area contributed by atoms with Crippen LogP contribution in [0.15, 0.2) is 4.42 Å². The summed E-state index contributed by atoms with van der Waals surface area (Å²) >= 11 is 0. The van der Waals surface area contributed by atoms with E-state index < -0.39 is 17.5 Å². The minimum atomic E-state index is -1.22. The lowest BCUT2D eigenvalue weighted by Crippen LogP contribution is -2.20. The van der Waals surface area contributed by atoms with E-state index in [0.29, 0.717) is 6.61 Å². The molecular weight excluding hydrogens is 188 g/mol. The highest BCUT2D eigenvalue weighted by molar-refractivity contribution is 5.81. The maximum absolute atomic E-state index is 10.5. The molecule has 76 valence electrons. The predicted molar refractivity (Wildman–Crippen MR) is 43.8 cm³/mol. The first kappa shape index (κ1) is 9.14.